The highest BCUT2D eigenvalue weighted by Crippen LogP contribution is 2.38. The Morgan fingerprint density at radius 1 is 0.321 bits per heavy atom. The maximum absolute atomic E-state index is 14.3. The van der Waals surface area contributed by atoms with E-state index in [0.29, 0.717) is 0 Å². The molecule has 3 heterocycles. The van der Waals surface area contributed by atoms with Crippen LogP contribution in [0.25, 0.3) is 97.4 Å². The lowest BCUT2D eigenvalue weighted by Crippen LogP contribution is -2.01. The fraction of sp³-hybridized carbons (Fsp3) is 0. The van der Waals surface area contributed by atoms with E-state index in [1.54, 1.807) is 11.3 Å². The quantitative estimate of drug-likeness (QED) is 0.169. The van der Waals surface area contributed by atoms with E-state index in [-0.39, 0.29) is 5.43 Å². The molecule has 0 spiro atoms. The summed E-state index contributed by atoms with van der Waals surface area (Å²) >= 11 is 1.68. The van der Waals surface area contributed by atoms with Crippen molar-refractivity contribution in [1.29, 1.82) is 0 Å². The Bertz CT molecular complexity index is 3080. The Kier molecular flexibility index (Phi) is 6.57. The Morgan fingerprint density at radius 2 is 0.679 bits per heavy atom. The molecule has 3 nitrogen and oxygen atoms in total. The molecule has 248 valence electrons. The fourth-order valence-corrected chi connectivity index (χ4v) is 9.26. The number of para-hydroxylation sites is 4. The summed E-state index contributed by atoms with van der Waals surface area (Å²) in [6.45, 7) is 0. The van der Waals surface area contributed by atoms with Crippen molar-refractivity contribution in [2.45, 2.75) is 0 Å². The number of rotatable bonds is 4. The van der Waals surface area contributed by atoms with Crippen LogP contribution in [-0.2, 0) is 0 Å². The summed E-state index contributed by atoms with van der Waals surface area (Å²) in [7, 11) is 0. The van der Waals surface area contributed by atoms with Gasteiger partial charge in [-0.2, -0.15) is 0 Å². The van der Waals surface area contributed by atoms with Crippen LogP contribution in [0.5, 0.6) is 0 Å². The number of benzene rings is 8. The Balaban J connectivity index is 1.04. The van der Waals surface area contributed by atoms with E-state index in [1.807, 2.05) is 0 Å². The summed E-state index contributed by atoms with van der Waals surface area (Å²) in [5.41, 5.74) is 11.3. The number of hydrogen-bond acceptors (Lipinski definition) is 2. The summed E-state index contributed by atoms with van der Waals surface area (Å²) in [6, 6.07) is 64.2. The van der Waals surface area contributed by atoms with E-state index in [2.05, 4.69) is 191 Å². The molecule has 0 aliphatic heterocycles. The van der Waals surface area contributed by atoms with Crippen LogP contribution in [0.1, 0.15) is 0 Å². The topological polar surface area (TPSA) is 26.9 Å². The van der Waals surface area contributed by atoms with Gasteiger partial charge < -0.3 is 9.13 Å². The van der Waals surface area contributed by atoms with Gasteiger partial charge in [0.25, 0.3) is 0 Å². The van der Waals surface area contributed by atoms with Crippen molar-refractivity contribution in [3.05, 3.63) is 192 Å². The second-order valence-corrected chi connectivity index (χ2v) is 14.8. The summed E-state index contributed by atoms with van der Waals surface area (Å²) in [5.74, 6) is 0. The molecule has 0 fully saturated rings. The van der Waals surface area contributed by atoms with Crippen LogP contribution in [0.4, 0.5) is 0 Å². The molecular weight excluding hydrogens is 665 g/mol. The van der Waals surface area contributed by atoms with Gasteiger partial charge in [0.15, 0.2) is 5.43 Å². The molecule has 0 aliphatic rings. The van der Waals surface area contributed by atoms with Gasteiger partial charge >= 0.3 is 0 Å². The summed E-state index contributed by atoms with van der Waals surface area (Å²) in [4.78, 5) is 14.3. The van der Waals surface area contributed by atoms with Crippen LogP contribution < -0.4 is 5.43 Å². The standard InChI is InChI=1S/C49H30N2OS/c52-49-41-29-33(31-19-23-45-39(27-31)37-15-7-9-17-43(37)50(45)35-11-3-1-4-12-35)21-25-47(41)53-48-26-22-34(30-42(48)49)32-20-24-46-40(28-32)38-16-8-10-18-44(38)51(46)36-13-5-2-6-14-36/h1-30H. The minimum atomic E-state index is 0.0703. The molecule has 0 unspecified atom stereocenters. The minimum Gasteiger partial charge on any atom is -0.309 e. The first-order valence-electron chi connectivity index (χ1n) is 17.9. The van der Waals surface area contributed by atoms with Crippen molar-refractivity contribution in [2.75, 3.05) is 0 Å². The van der Waals surface area contributed by atoms with Crippen molar-refractivity contribution in [3.8, 4) is 33.6 Å². The third-order valence-electron chi connectivity index (χ3n) is 10.7. The van der Waals surface area contributed by atoms with Crippen LogP contribution >= 0.6 is 11.3 Å². The molecule has 53 heavy (non-hydrogen) atoms. The maximum Gasteiger partial charge on any atom is 0.195 e. The van der Waals surface area contributed by atoms with Crippen LogP contribution in [0, 0.1) is 0 Å². The third kappa shape index (κ3) is 4.63. The largest absolute Gasteiger partial charge is 0.309 e. The molecule has 11 rings (SSSR count). The van der Waals surface area contributed by atoms with Gasteiger partial charge in [-0.05, 0) is 107 Å². The lowest BCUT2D eigenvalue weighted by atomic mass is 9.99. The van der Waals surface area contributed by atoms with Gasteiger partial charge in [-0.1, -0.05) is 97.1 Å². The monoisotopic (exact) mass is 694 g/mol. The van der Waals surface area contributed by atoms with E-state index in [0.717, 1.165) is 64.8 Å². The van der Waals surface area contributed by atoms with Crippen molar-refractivity contribution in [1.82, 2.24) is 9.13 Å². The molecular formula is C49H30N2OS. The second-order valence-electron chi connectivity index (χ2n) is 13.7. The maximum atomic E-state index is 14.3. The predicted molar refractivity (Wildman–Crippen MR) is 225 cm³/mol. The van der Waals surface area contributed by atoms with Gasteiger partial charge in [-0.25, -0.2) is 0 Å². The molecule has 0 bridgehead atoms. The summed E-state index contributed by atoms with van der Waals surface area (Å²) in [6.07, 6.45) is 0. The zero-order chi connectivity index (χ0) is 35.0. The van der Waals surface area contributed by atoms with E-state index >= 15 is 0 Å². The van der Waals surface area contributed by atoms with Gasteiger partial charge in [0.05, 0.1) is 22.1 Å². The normalized spacial score (nSPS) is 11.8. The average Bonchev–Trinajstić information content (AvgIpc) is 3.73. The Morgan fingerprint density at radius 3 is 1.13 bits per heavy atom. The molecule has 3 aromatic heterocycles. The van der Waals surface area contributed by atoms with E-state index in [1.165, 1.54) is 32.6 Å². The smallest absolute Gasteiger partial charge is 0.195 e. The number of nitrogens with zero attached hydrogens (tertiary/aromatic N) is 2. The second kappa shape index (κ2) is 11.6. The van der Waals surface area contributed by atoms with Crippen LogP contribution in [0.15, 0.2) is 187 Å². The predicted octanol–water partition coefficient (Wildman–Crippen LogP) is 12.9. The molecule has 0 saturated carbocycles. The molecule has 8 aromatic carbocycles. The molecule has 0 aliphatic carbocycles. The summed E-state index contributed by atoms with van der Waals surface area (Å²) in [5, 5.41) is 6.32. The molecule has 0 atom stereocenters. The zero-order valence-corrected chi connectivity index (χ0v) is 29.3. The Hall–Kier alpha value is -6.75. The third-order valence-corrected chi connectivity index (χ3v) is 11.9. The highest BCUT2D eigenvalue weighted by molar-refractivity contribution is 7.24. The first-order valence-corrected chi connectivity index (χ1v) is 18.7. The highest BCUT2D eigenvalue weighted by atomic mass is 32.1. The lowest BCUT2D eigenvalue weighted by molar-refractivity contribution is 1.18. The van der Waals surface area contributed by atoms with Crippen LogP contribution in [0.3, 0.4) is 0 Å². The van der Waals surface area contributed by atoms with Crippen molar-refractivity contribution < 1.29 is 0 Å². The van der Waals surface area contributed by atoms with Crippen molar-refractivity contribution in [3.63, 3.8) is 0 Å². The van der Waals surface area contributed by atoms with Crippen LogP contribution in [0.2, 0.25) is 0 Å². The molecule has 0 N–H and O–H groups in total. The van der Waals surface area contributed by atoms with Crippen molar-refractivity contribution in [2.24, 2.45) is 0 Å². The van der Waals surface area contributed by atoms with Crippen LogP contribution in [-0.4, -0.2) is 9.13 Å². The number of fused-ring (bicyclic) bond motifs is 8. The molecule has 0 amide bonds. The van der Waals surface area contributed by atoms with E-state index < -0.39 is 0 Å². The molecule has 0 radical (unpaired) electrons. The first-order chi connectivity index (χ1) is 26.2. The number of aromatic nitrogens is 2. The molecule has 11 aromatic rings. The summed E-state index contributed by atoms with van der Waals surface area (Å²) < 4.78 is 6.65. The van der Waals surface area contributed by atoms with E-state index in [4.69, 9.17) is 0 Å². The fourth-order valence-electron chi connectivity index (χ4n) is 8.23. The first kappa shape index (κ1) is 29.9. The lowest BCUT2D eigenvalue weighted by Gasteiger charge is -2.09. The zero-order valence-electron chi connectivity index (χ0n) is 28.5. The van der Waals surface area contributed by atoms with Gasteiger partial charge in [-0.3, -0.25) is 4.79 Å². The van der Waals surface area contributed by atoms with Gasteiger partial charge in [0.1, 0.15) is 0 Å². The van der Waals surface area contributed by atoms with Crippen molar-refractivity contribution >= 4 is 75.1 Å². The number of hydrogen-bond donors (Lipinski definition) is 0. The molecule has 0 saturated heterocycles. The van der Waals surface area contributed by atoms with E-state index in [9.17, 15) is 4.79 Å². The van der Waals surface area contributed by atoms with Gasteiger partial charge in [0.2, 0.25) is 0 Å². The minimum absolute atomic E-state index is 0.0703. The SMILES string of the molecule is O=c1c2cc(-c3ccc4c(c3)c3ccccc3n4-c3ccccc3)ccc2sc2ccc(-c3ccc4c(c3)c3ccccc3n4-c3ccccc3)cc12. The molecule has 4 heteroatoms. The average molecular weight is 695 g/mol. The Labute approximate surface area is 308 Å². The highest BCUT2D eigenvalue weighted by Gasteiger charge is 2.16. The van der Waals surface area contributed by atoms with Gasteiger partial charge in [0, 0.05) is 53.1 Å². The van der Waals surface area contributed by atoms with Gasteiger partial charge in [-0.15, -0.1) is 11.3 Å².